The minimum atomic E-state index is -0.636. The molecular weight excluding hydrogens is 226 g/mol. The minimum Gasteiger partial charge on any atom is -0.328 e. The molecule has 94 valence electrons. The highest BCUT2D eigenvalue weighted by Crippen LogP contribution is 2.48. The van der Waals surface area contributed by atoms with Crippen LogP contribution in [0.2, 0.25) is 0 Å². The molecular formula is C15H17NO2. The minimum absolute atomic E-state index is 0.0115. The van der Waals surface area contributed by atoms with Crippen molar-refractivity contribution in [2.75, 3.05) is 6.54 Å². The number of nitrogens with zero attached hydrogens (tertiary/aromatic N) is 1. The van der Waals surface area contributed by atoms with Gasteiger partial charge in [-0.1, -0.05) is 36.8 Å². The molecule has 1 atom stereocenters. The van der Waals surface area contributed by atoms with Crippen molar-refractivity contribution >= 4 is 11.7 Å². The molecule has 1 amide bonds. The lowest BCUT2D eigenvalue weighted by molar-refractivity contribution is -0.145. The van der Waals surface area contributed by atoms with E-state index in [2.05, 4.69) is 0 Å². The quantitative estimate of drug-likeness (QED) is 0.748. The van der Waals surface area contributed by atoms with Gasteiger partial charge in [0, 0.05) is 0 Å². The second-order valence-corrected chi connectivity index (χ2v) is 5.38. The molecule has 2 fully saturated rings. The number of carbonyl (C=O) groups excluding carboxylic acids is 2. The van der Waals surface area contributed by atoms with Crippen molar-refractivity contribution in [3.8, 4) is 0 Å². The van der Waals surface area contributed by atoms with Crippen LogP contribution in [0.3, 0.4) is 0 Å². The van der Waals surface area contributed by atoms with Crippen molar-refractivity contribution < 1.29 is 9.59 Å². The van der Waals surface area contributed by atoms with E-state index in [1.54, 1.807) is 4.90 Å². The molecule has 2 aliphatic rings. The van der Waals surface area contributed by atoms with E-state index in [0.717, 1.165) is 24.8 Å². The first-order valence-corrected chi connectivity index (χ1v) is 6.54. The zero-order valence-electron chi connectivity index (χ0n) is 10.6. The molecule has 1 aromatic rings. The molecule has 1 aromatic carbocycles. The molecule has 0 bridgehead atoms. The van der Waals surface area contributed by atoms with E-state index < -0.39 is 5.41 Å². The summed E-state index contributed by atoms with van der Waals surface area (Å²) in [6, 6.07) is 9.89. The van der Waals surface area contributed by atoms with E-state index in [4.69, 9.17) is 0 Å². The maximum Gasteiger partial charge on any atom is 0.237 e. The molecule has 1 saturated carbocycles. The summed E-state index contributed by atoms with van der Waals surface area (Å²) in [6.45, 7) is 2.28. The van der Waals surface area contributed by atoms with Gasteiger partial charge in [-0.25, -0.2) is 0 Å². The van der Waals surface area contributed by atoms with Crippen molar-refractivity contribution in [2.45, 2.75) is 32.2 Å². The second-order valence-electron chi connectivity index (χ2n) is 5.38. The zero-order chi connectivity index (χ0) is 12.8. The molecule has 3 nitrogen and oxygen atoms in total. The Hall–Kier alpha value is -1.64. The van der Waals surface area contributed by atoms with Crippen LogP contribution in [-0.4, -0.2) is 23.1 Å². The summed E-state index contributed by atoms with van der Waals surface area (Å²) in [5.41, 5.74) is 0.457. The smallest absolute Gasteiger partial charge is 0.237 e. The van der Waals surface area contributed by atoms with Crippen LogP contribution in [-0.2, 0) is 9.59 Å². The average molecular weight is 243 g/mol. The number of benzene rings is 1. The van der Waals surface area contributed by atoms with Crippen LogP contribution in [0.4, 0.5) is 0 Å². The standard InChI is InChI=1S/C15H17NO2/c1-11(12-6-3-2-4-7-12)16-10-13(17)15(14(16)18)8-5-9-15/h2-4,6-7,11H,5,8-10H2,1H3. The van der Waals surface area contributed by atoms with Crippen LogP contribution < -0.4 is 0 Å². The second kappa shape index (κ2) is 3.94. The van der Waals surface area contributed by atoms with Crippen molar-refractivity contribution in [3.05, 3.63) is 35.9 Å². The number of Topliss-reactive ketones (excluding diaryl/α,β-unsaturated/α-hetero) is 1. The van der Waals surface area contributed by atoms with Crippen LogP contribution in [0.1, 0.15) is 37.8 Å². The van der Waals surface area contributed by atoms with E-state index in [9.17, 15) is 9.59 Å². The van der Waals surface area contributed by atoms with Crippen molar-refractivity contribution in [1.82, 2.24) is 4.90 Å². The van der Waals surface area contributed by atoms with Crippen LogP contribution in [0.25, 0.3) is 0 Å². The summed E-state index contributed by atoms with van der Waals surface area (Å²) >= 11 is 0. The predicted molar refractivity (Wildman–Crippen MR) is 67.9 cm³/mol. The monoisotopic (exact) mass is 243 g/mol. The van der Waals surface area contributed by atoms with Crippen LogP contribution in [0.5, 0.6) is 0 Å². The molecule has 1 aliphatic carbocycles. The van der Waals surface area contributed by atoms with E-state index in [1.807, 2.05) is 37.3 Å². The van der Waals surface area contributed by atoms with E-state index in [0.29, 0.717) is 0 Å². The van der Waals surface area contributed by atoms with Crippen LogP contribution >= 0.6 is 0 Å². The molecule has 3 heteroatoms. The maximum atomic E-state index is 12.4. The molecule has 18 heavy (non-hydrogen) atoms. The van der Waals surface area contributed by atoms with Gasteiger partial charge in [0.2, 0.25) is 5.91 Å². The molecule has 0 N–H and O–H groups in total. The normalized spacial score (nSPS) is 23.3. The van der Waals surface area contributed by atoms with Gasteiger partial charge in [-0.2, -0.15) is 0 Å². The van der Waals surface area contributed by atoms with Gasteiger partial charge in [-0.05, 0) is 25.3 Å². The molecule has 0 aromatic heterocycles. The van der Waals surface area contributed by atoms with Crippen LogP contribution in [0.15, 0.2) is 30.3 Å². The number of hydrogen-bond donors (Lipinski definition) is 0. The van der Waals surface area contributed by atoms with Gasteiger partial charge in [0.25, 0.3) is 0 Å². The third-order valence-corrected chi connectivity index (χ3v) is 4.47. The largest absolute Gasteiger partial charge is 0.328 e. The molecule has 3 rings (SSSR count). The Morgan fingerprint density at radius 3 is 2.33 bits per heavy atom. The lowest BCUT2D eigenvalue weighted by Gasteiger charge is -2.35. The highest BCUT2D eigenvalue weighted by atomic mass is 16.2. The summed E-state index contributed by atoms with van der Waals surface area (Å²) in [6.07, 6.45) is 2.51. The fraction of sp³-hybridized carbons (Fsp3) is 0.467. The number of carbonyl (C=O) groups is 2. The van der Waals surface area contributed by atoms with Gasteiger partial charge in [0.1, 0.15) is 5.41 Å². The van der Waals surface area contributed by atoms with Gasteiger partial charge in [0.05, 0.1) is 12.6 Å². The van der Waals surface area contributed by atoms with Crippen LogP contribution in [0, 0.1) is 5.41 Å². The lowest BCUT2D eigenvalue weighted by Crippen LogP contribution is -2.43. The molecule has 1 heterocycles. The predicted octanol–water partition coefficient (Wildman–Crippen LogP) is 2.33. The number of amides is 1. The van der Waals surface area contributed by atoms with E-state index in [1.165, 1.54) is 0 Å². The maximum absolute atomic E-state index is 12.4. The fourth-order valence-electron chi connectivity index (χ4n) is 3.02. The fourth-order valence-corrected chi connectivity index (χ4v) is 3.02. The van der Waals surface area contributed by atoms with Crippen molar-refractivity contribution in [3.63, 3.8) is 0 Å². The third kappa shape index (κ3) is 1.43. The summed E-state index contributed by atoms with van der Waals surface area (Å²) in [5.74, 6) is 0.177. The summed E-state index contributed by atoms with van der Waals surface area (Å²) in [7, 11) is 0. The number of hydrogen-bond acceptors (Lipinski definition) is 2. The number of ketones is 1. The Labute approximate surface area is 107 Å². The van der Waals surface area contributed by atoms with Gasteiger partial charge >= 0.3 is 0 Å². The first kappa shape index (κ1) is 11.5. The molecule has 1 unspecified atom stereocenters. The van der Waals surface area contributed by atoms with Gasteiger partial charge in [0.15, 0.2) is 5.78 Å². The molecule has 0 radical (unpaired) electrons. The molecule has 1 saturated heterocycles. The Bertz CT molecular complexity index is 490. The average Bonchev–Trinajstić information content (AvgIpc) is 2.61. The first-order chi connectivity index (χ1) is 8.65. The highest BCUT2D eigenvalue weighted by molar-refractivity contribution is 6.13. The number of likely N-dealkylation sites (tertiary alicyclic amines) is 1. The Kier molecular flexibility index (Phi) is 2.51. The summed E-state index contributed by atoms with van der Waals surface area (Å²) in [4.78, 5) is 26.3. The zero-order valence-corrected chi connectivity index (χ0v) is 10.6. The Morgan fingerprint density at radius 1 is 1.17 bits per heavy atom. The Balaban J connectivity index is 1.86. The third-order valence-electron chi connectivity index (χ3n) is 4.47. The first-order valence-electron chi connectivity index (χ1n) is 6.54. The van der Waals surface area contributed by atoms with E-state index in [-0.39, 0.29) is 24.3 Å². The van der Waals surface area contributed by atoms with Crippen molar-refractivity contribution in [2.24, 2.45) is 5.41 Å². The van der Waals surface area contributed by atoms with Crippen molar-refractivity contribution in [1.29, 1.82) is 0 Å². The molecule has 1 aliphatic heterocycles. The van der Waals surface area contributed by atoms with Gasteiger partial charge in [-0.3, -0.25) is 9.59 Å². The lowest BCUT2D eigenvalue weighted by atomic mass is 9.67. The van der Waals surface area contributed by atoms with Gasteiger partial charge < -0.3 is 4.90 Å². The molecule has 1 spiro atoms. The van der Waals surface area contributed by atoms with Gasteiger partial charge in [-0.15, -0.1) is 0 Å². The SMILES string of the molecule is CC(c1ccccc1)N1CC(=O)C2(CCC2)C1=O. The Morgan fingerprint density at radius 2 is 1.83 bits per heavy atom. The highest BCUT2D eigenvalue weighted by Gasteiger charge is 2.57. The summed E-state index contributed by atoms with van der Waals surface area (Å²) in [5, 5.41) is 0. The topological polar surface area (TPSA) is 37.4 Å². The number of rotatable bonds is 2. The van der Waals surface area contributed by atoms with E-state index >= 15 is 0 Å². The summed E-state index contributed by atoms with van der Waals surface area (Å²) < 4.78 is 0.